The van der Waals surface area contributed by atoms with Gasteiger partial charge in [-0.3, -0.25) is 4.98 Å². The van der Waals surface area contributed by atoms with E-state index in [4.69, 9.17) is 16.3 Å². The maximum absolute atomic E-state index is 5.64. The van der Waals surface area contributed by atoms with Crippen molar-refractivity contribution < 1.29 is 4.74 Å². The molecule has 1 aromatic heterocycles. The second-order valence-electron chi connectivity index (χ2n) is 3.39. The summed E-state index contributed by atoms with van der Waals surface area (Å²) in [4.78, 5) is 8.03. The number of nitrogens with one attached hydrogen (secondary N) is 1. The largest absolute Gasteiger partial charge is 0.487 e. The van der Waals surface area contributed by atoms with Gasteiger partial charge in [0.2, 0.25) is 0 Å². The van der Waals surface area contributed by atoms with Crippen molar-refractivity contribution in [1.82, 2.24) is 9.97 Å². The van der Waals surface area contributed by atoms with E-state index in [2.05, 4.69) is 15.3 Å². The molecule has 5 heteroatoms. The summed E-state index contributed by atoms with van der Waals surface area (Å²) < 4.78 is 5.56. The molecule has 4 nitrogen and oxygen atoms in total. The topological polar surface area (TPSA) is 47.0 Å². The Morgan fingerprint density at radius 1 is 1.18 bits per heavy atom. The quantitative estimate of drug-likeness (QED) is 0.905. The molecule has 0 amide bonds. The molecule has 2 rings (SSSR count). The predicted octanol–water partition coefficient (Wildman–Crippen LogP) is 2.75. The Bertz CT molecular complexity index is 470. The van der Waals surface area contributed by atoms with E-state index >= 15 is 0 Å². The number of benzene rings is 1. The van der Waals surface area contributed by atoms with E-state index in [0.717, 1.165) is 17.1 Å². The fraction of sp³-hybridized carbons (Fsp3) is 0.167. The van der Waals surface area contributed by atoms with Crippen LogP contribution in [0.5, 0.6) is 5.75 Å². The van der Waals surface area contributed by atoms with Crippen LogP contribution < -0.4 is 10.1 Å². The number of hydrogen-bond donors (Lipinski definition) is 1. The van der Waals surface area contributed by atoms with Gasteiger partial charge in [-0.05, 0) is 24.3 Å². The van der Waals surface area contributed by atoms with Crippen molar-refractivity contribution in [1.29, 1.82) is 0 Å². The highest BCUT2D eigenvalue weighted by atomic mass is 35.5. The van der Waals surface area contributed by atoms with Crippen LogP contribution in [0.25, 0.3) is 0 Å². The Morgan fingerprint density at radius 3 is 2.53 bits per heavy atom. The van der Waals surface area contributed by atoms with E-state index in [1.807, 2.05) is 31.3 Å². The first-order valence-corrected chi connectivity index (χ1v) is 5.53. The zero-order chi connectivity index (χ0) is 12.1. The van der Waals surface area contributed by atoms with E-state index in [1.54, 1.807) is 6.20 Å². The third kappa shape index (κ3) is 3.32. The van der Waals surface area contributed by atoms with Crippen LogP contribution in [0, 0.1) is 0 Å². The summed E-state index contributed by atoms with van der Waals surface area (Å²) in [6.45, 7) is 0.378. The smallest absolute Gasteiger partial charge is 0.147 e. The van der Waals surface area contributed by atoms with Gasteiger partial charge >= 0.3 is 0 Å². The van der Waals surface area contributed by atoms with Gasteiger partial charge in [-0.2, -0.15) is 0 Å². The maximum atomic E-state index is 5.64. The average Bonchev–Trinajstić information content (AvgIpc) is 2.39. The summed E-state index contributed by atoms with van der Waals surface area (Å²) in [5, 5.41) is 3.42. The highest BCUT2D eigenvalue weighted by Crippen LogP contribution is 2.16. The van der Waals surface area contributed by atoms with Crippen LogP contribution in [0.2, 0.25) is 5.15 Å². The minimum atomic E-state index is 0.378. The Morgan fingerprint density at radius 2 is 1.94 bits per heavy atom. The van der Waals surface area contributed by atoms with Crippen molar-refractivity contribution in [2.75, 3.05) is 12.4 Å². The van der Waals surface area contributed by atoms with Gasteiger partial charge in [-0.15, -0.1) is 0 Å². The molecule has 88 valence electrons. The summed E-state index contributed by atoms with van der Waals surface area (Å²) in [6, 6.07) is 7.69. The van der Waals surface area contributed by atoms with Gasteiger partial charge in [-0.1, -0.05) is 11.6 Å². The van der Waals surface area contributed by atoms with Crippen LogP contribution in [-0.4, -0.2) is 17.0 Å². The number of hydrogen-bond acceptors (Lipinski definition) is 4. The van der Waals surface area contributed by atoms with Crippen molar-refractivity contribution in [3.63, 3.8) is 0 Å². The fourth-order valence-electron chi connectivity index (χ4n) is 1.29. The van der Waals surface area contributed by atoms with Crippen LogP contribution in [0.4, 0.5) is 5.69 Å². The van der Waals surface area contributed by atoms with Gasteiger partial charge in [0.15, 0.2) is 0 Å². The molecule has 0 saturated heterocycles. The SMILES string of the molecule is CNc1ccc(OCc2cnc(Cl)cn2)cc1. The van der Waals surface area contributed by atoms with E-state index in [1.165, 1.54) is 6.20 Å². The molecule has 0 aliphatic carbocycles. The van der Waals surface area contributed by atoms with E-state index in [0.29, 0.717) is 11.8 Å². The van der Waals surface area contributed by atoms with Crippen LogP contribution in [0.1, 0.15) is 5.69 Å². The lowest BCUT2D eigenvalue weighted by molar-refractivity contribution is 0.301. The van der Waals surface area contributed by atoms with Crippen LogP contribution in [0.15, 0.2) is 36.7 Å². The summed E-state index contributed by atoms with van der Waals surface area (Å²) in [6.07, 6.45) is 3.11. The first-order chi connectivity index (χ1) is 8.28. The molecule has 0 fully saturated rings. The number of nitrogens with zero attached hydrogens (tertiary/aromatic N) is 2. The molecule has 0 atom stereocenters. The fourth-order valence-corrected chi connectivity index (χ4v) is 1.39. The molecule has 2 aromatic rings. The number of halogens is 1. The molecule has 0 radical (unpaired) electrons. The molecule has 1 aromatic carbocycles. The second kappa shape index (κ2) is 5.50. The lowest BCUT2D eigenvalue weighted by atomic mass is 10.3. The van der Waals surface area contributed by atoms with Gasteiger partial charge in [-0.25, -0.2) is 4.98 Å². The molecule has 0 aliphatic rings. The molecule has 0 spiro atoms. The minimum absolute atomic E-state index is 0.378. The summed E-state index contributed by atoms with van der Waals surface area (Å²) in [5.74, 6) is 0.792. The summed E-state index contributed by atoms with van der Waals surface area (Å²) >= 11 is 5.64. The lowest BCUT2D eigenvalue weighted by Gasteiger charge is -2.06. The third-order valence-corrected chi connectivity index (χ3v) is 2.40. The summed E-state index contributed by atoms with van der Waals surface area (Å²) in [7, 11) is 1.87. The van der Waals surface area contributed by atoms with Crippen molar-refractivity contribution in [2.24, 2.45) is 0 Å². The molecule has 1 N–H and O–H groups in total. The van der Waals surface area contributed by atoms with Gasteiger partial charge in [0, 0.05) is 12.7 Å². The van der Waals surface area contributed by atoms with Crippen molar-refractivity contribution in [2.45, 2.75) is 6.61 Å². The van der Waals surface area contributed by atoms with E-state index in [9.17, 15) is 0 Å². The Labute approximate surface area is 105 Å². The molecular formula is C12H12ClN3O. The number of ether oxygens (including phenoxy) is 1. The monoisotopic (exact) mass is 249 g/mol. The Balaban J connectivity index is 1.95. The molecule has 0 unspecified atom stereocenters. The van der Waals surface area contributed by atoms with Gasteiger partial charge in [0.25, 0.3) is 0 Å². The van der Waals surface area contributed by atoms with Crippen molar-refractivity contribution in [3.8, 4) is 5.75 Å². The molecule has 0 saturated carbocycles. The molecule has 1 heterocycles. The Kier molecular flexibility index (Phi) is 3.77. The lowest BCUT2D eigenvalue weighted by Crippen LogP contribution is -1.99. The highest BCUT2D eigenvalue weighted by molar-refractivity contribution is 6.29. The van der Waals surface area contributed by atoms with Gasteiger partial charge < -0.3 is 10.1 Å². The van der Waals surface area contributed by atoms with Crippen LogP contribution >= 0.6 is 11.6 Å². The van der Waals surface area contributed by atoms with Crippen LogP contribution in [0.3, 0.4) is 0 Å². The van der Waals surface area contributed by atoms with E-state index in [-0.39, 0.29) is 0 Å². The molecule has 17 heavy (non-hydrogen) atoms. The zero-order valence-electron chi connectivity index (χ0n) is 9.35. The van der Waals surface area contributed by atoms with Crippen molar-refractivity contribution >= 4 is 17.3 Å². The van der Waals surface area contributed by atoms with E-state index < -0.39 is 0 Å². The van der Waals surface area contributed by atoms with Gasteiger partial charge in [0.05, 0.1) is 18.1 Å². The predicted molar refractivity (Wildman–Crippen MR) is 67.4 cm³/mol. The minimum Gasteiger partial charge on any atom is -0.487 e. The molecular weight excluding hydrogens is 238 g/mol. The Hall–Kier alpha value is -1.81. The zero-order valence-corrected chi connectivity index (χ0v) is 10.1. The highest BCUT2D eigenvalue weighted by Gasteiger charge is 1.98. The number of aromatic nitrogens is 2. The first-order valence-electron chi connectivity index (χ1n) is 5.15. The normalized spacial score (nSPS) is 10.0. The molecule has 0 aliphatic heterocycles. The molecule has 0 bridgehead atoms. The second-order valence-corrected chi connectivity index (χ2v) is 3.78. The number of rotatable bonds is 4. The summed E-state index contributed by atoms with van der Waals surface area (Å²) in [5.41, 5.74) is 1.79. The standard InChI is InChI=1S/C12H12ClN3O/c1-14-9-2-4-11(5-3-9)17-8-10-6-16-12(13)7-15-10/h2-7,14H,8H2,1H3. The van der Waals surface area contributed by atoms with Crippen molar-refractivity contribution in [3.05, 3.63) is 47.5 Å². The van der Waals surface area contributed by atoms with Gasteiger partial charge in [0.1, 0.15) is 17.5 Å². The van der Waals surface area contributed by atoms with Crippen LogP contribution in [-0.2, 0) is 6.61 Å². The third-order valence-electron chi connectivity index (χ3n) is 2.20. The maximum Gasteiger partial charge on any atom is 0.147 e. The number of anilines is 1. The first kappa shape index (κ1) is 11.7. The average molecular weight is 250 g/mol.